The Balaban J connectivity index is 1.30. The van der Waals surface area contributed by atoms with Crippen LogP contribution in [-0.4, -0.2) is 39.7 Å². The first kappa shape index (κ1) is 22.6. The quantitative estimate of drug-likeness (QED) is 0.463. The highest BCUT2D eigenvalue weighted by Gasteiger charge is 2.25. The maximum absolute atomic E-state index is 13.5. The first-order chi connectivity index (χ1) is 17.1. The third-order valence-corrected chi connectivity index (χ3v) is 6.31. The van der Waals surface area contributed by atoms with Crippen LogP contribution in [0.5, 0.6) is 0 Å². The van der Waals surface area contributed by atoms with Gasteiger partial charge in [-0.2, -0.15) is 0 Å². The summed E-state index contributed by atoms with van der Waals surface area (Å²) >= 11 is 0. The monoisotopic (exact) mass is 468 g/mol. The molecule has 1 saturated heterocycles. The number of nitrogens with zero attached hydrogens (tertiary/aromatic N) is 4. The van der Waals surface area contributed by atoms with Crippen LogP contribution in [-0.2, 0) is 6.54 Å². The van der Waals surface area contributed by atoms with Crippen molar-refractivity contribution < 1.29 is 4.79 Å². The molecule has 8 nitrogen and oxygen atoms in total. The van der Waals surface area contributed by atoms with Crippen molar-refractivity contribution in [1.82, 2.24) is 19.9 Å². The van der Waals surface area contributed by atoms with E-state index in [1.165, 1.54) is 0 Å². The van der Waals surface area contributed by atoms with Crippen molar-refractivity contribution in [2.24, 2.45) is 0 Å². The van der Waals surface area contributed by atoms with Gasteiger partial charge in [-0.3, -0.25) is 9.36 Å². The van der Waals surface area contributed by atoms with E-state index in [2.05, 4.69) is 20.6 Å². The molecule has 1 aliphatic heterocycles. The van der Waals surface area contributed by atoms with Crippen molar-refractivity contribution in [2.75, 3.05) is 23.3 Å². The lowest BCUT2D eigenvalue weighted by Crippen LogP contribution is -2.47. The van der Waals surface area contributed by atoms with Gasteiger partial charge in [-0.25, -0.2) is 14.8 Å². The van der Waals surface area contributed by atoms with Crippen LogP contribution in [0.2, 0.25) is 0 Å². The second-order valence-corrected chi connectivity index (χ2v) is 8.88. The number of hydrogen-bond acceptors (Lipinski definition) is 5. The molecule has 0 unspecified atom stereocenters. The van der Waals surface area contributed by atoms with Gasteiger partial charge in [0.1, 0.15) is 5.52 Å². The Morgan fingerprint density at radius 1 is 1.00 bits per heavy atom. The van der Waals surface area contributed by atoms with E-state index >= 15 is 0 Å². The molecular formula is C27H28N6O2. The molecule has 4 aromatic rings. The van der Waals surface area contributed by atoms with E-state index in [-0.39, 0.29) is 17.6 Å². The Bertz CT molecular complexity index is 1380. The van der Waals surface area contributed by atoms with Crippen molar-refractivity contribution in [3.05, 3.63) is 94.4 Å². The minimum absolute atomic E-state index is 0.0327. The molecule has 178 valence electrons. The molecular weight excluding hydrogens is 440 g/mol. The molecule has 0 atom stereocenters. The van der Waals surface area contributed by atoms with E-state index in [1.807, 2.05) is 78.6 Å². The van der Waals surface area contributed by atoms with E-state index in [9.17, 15) is 9.59 Å². The average molecular weight is 469 g/mol. The number of carbonyl (C=O) groups is 1. The number of aryl methyl sites for hydroxylation is 1. The number of piperidine rings is 1. The molecule has 2 N–H and O–H groups in total. The van der Waals surface area contributed by atoms with E-state index in [1.54, 1.807) is 10.8 Å². The fraction of sp³-hybridized carbons (Fsp3) is 0.259. The zero-order valence-electron chi connectivity index (χ0n) is 19.6. The summed E-state index contributed by atoms with van der Waals surface area (Å²) < 4.78 is 1.70. The van der Waals surface area contributed by atoms with Gasteiger partial charge in [0.25, 0.3) is 5.56 Å². The van der Waals surface area contributed by atoms with Gasteiger partial charge in [0.2, 0.25) is 0 Å². The number of pyridine rings is 1. The van der Waals surface area contributed by atoms with Crippen molar-refractivity contribution in [2.45, 2.75) is 32.4 Å². The predicted octanol–water partition coefficient (Wildman–Crippen LogP) is 3.94. The number of aromatic nitrogens is 3. The van der Waals surface area contributed by atoms with Crippen LogP contribution in [0, 0.1) is 6.92 Å². The first-order valence-corrected chi connectivity index (χ1v) is 11.9. The van der Waals surface area contributed by atoms with Crippen LogP contribution in [0.4, 0.5) is 16.3 Å². The van der Waals surface area contributed by atoms with Crippen LogP contribution in [0.3, 0.4) is 0 Å². The predicted molar refractivity (Wildman–Crippen MR) is 138 cm³/mol. The SMILES string of the molecule is Cc1ccc(NC(=O)NC2CCN(c3nc4cccnc4n(Cc4ccccc4)c3=O)CC2)cc1. The molecule has 3 heterocycles. The van der Waals surface area contributed by atoms with Gasteiger partial charge >= 0.3 is 6.03 Å². The number of benzene rings is 2. The maximum atomic E-state index is 13.5. The number of fused-ring (bicyclic) bond motifs is 1. The van der Waals surface area contributed by atoms with E-state index in [4.69, 9.17) is 0 Å². The number of hydrogen-bond donors (Lipinski definition) is 2. The van der Waals surface area contributed by atoms with Crippen molar-refractivity contribution in [3.8, 4) is 0 Å². The second-order valence-electron chi connectivity index (χ2n) is 8.88. The summed E-state index contributed by atoms with van der Waals surface area (Å²) in [5.74, 6) is 0.434. The molecule has 0 aliphatic carbocycles. The van der Waals surface area contributed by atoms with Gasteiger partial charge < -0.3 is 15.5 Å². The van der Waals surface area contributed by atoms with Crippen molar-refractivity contribution in [3.63, 3.8) is 0 Å². The molecule has 2 aromatic carbocycles. The van der Waals surface area contributed by atoms with Gasteiger partial charge in [-0.05, 0) is 49.6 Å². The molecule has 0 radical (unpaired) electrons. The highest BCUT2D eigenvalue weighted by atomic mass is 16.2. The summed E-state index contributed by atoms with van der Waals surface area (Å²) in [4.78, 5) is 37.1. The number of rotatable bonds is 5. The van der Waals surface area contributed by atoms with Crippen LogP contribution in [0.1, 0.15) is 24.0 Å². The van der Waals surface area contributed by atoms with Crippen LogP contribution < -0.4 is 21.1 Å². The molecule has 5 rings (SSSR count). The average Bonchev–Trinajstić information content (AvgIpc) is 2.88. The summed E-state index contributed by atoms with van der Waals surface area (Å²) in [5.41, 5.74) is 4.05. The Kier molecular flexibility index (Phi) is 6.43. The molecule has 0 spiro atoms. The molecule has 8 heteroatoms. The van der Waals surface area contributed by atoms with E-state index in [0.29, 0.717) is 36.6 Å². The number of urea groups is 1. The highest BCUT2D eigenvalue weighted by Crippen LogP contribution is 2.19. The Hall–Kier alpha value is -4.20. The Labute approximate surface area is 203 Å². The molecule has 2 amide bonds. The van der Waals surface area contributed by atoms with Crippen molar-refractivity contribution >= 4 is 28.7 Å². The van der Waals surface area contributed by atoms with Gasteiger partial charge in [-0.1, -0.05) is 48.0 Å². The summed E-state index contributed by atoms with van der Waals surface area (Å²) in [6.45, 7) is 3.71. The molecule has 0 saturated carbocycles. The number of carbonyl (C=O) groups excluding carboxylic acids is 1. The molecule has 2 aromatic heterocycles. The summed E-state index contributed by atoms with van der Waals surface area (Å²) in [7, 11) is 0. The third-order valence-electron chi connectivity index (χ3n) is 6.31. The Morgan fingerprint density at radius 2 is 1.74 bits per heavy atom. The zero-order valence-corrected chi connectivity index (χ0v) is 19.6. The summed E-state index contributed by atoms with van der Waals surface area (Å²) in [6.07, 6.45) is 3.14. The lowest BCUT2D eigenvalue weighted by molar-refractivity contribution is 0.246. The van der Waals surface area contributed by atoms with Gasteiger partial charge in [0.05, 0.1) is 6.54 Å². The molecule has 1 fully saturated rings. The summed E-state index contributed by atoms with van der Waals surface area (Å²) in [5, 5.41) is 5.93. The standard InChI is InChI=1S/C27H28N6O2/c1-19-9-11-21(12-10-19)29-27(35)30-22-13-16-32(17-14-22)25-26(34)33(18-20-6-3-2-4-7-20)24-23(31-25)8-5-15-28-24/h2-12,15,22H,13-14,16-18H2,1H3,(H2,29,30,35). The zero-order chi connectivity index (χ0) is 24.2. The maximum Gasteiger partial charge on any atom is 0.319 e. The minimum atomic E-state index is -0.215. The lowest BCUT2D eigenvalue weighted by atomic mass is 10.1. The van der Waals surface area contributed by atoms with Gasteiger partial charge in [-0.15, -0.1) is 0 Å². The van der Waals surface area contributed by atoms with E-state index in [0.717, 1.165) is 29.7 Å². The minimum Gasteiger partial charge on any atom is -0.352 e. The number of nitrogens with one attached hydrogen (secondary N) is 2. The van der Waals surface area contributed by atoms with Crippen LogP contribution in [0.15, 0.2) is 77.7 Å². The highest BCUT2D eigenvalue weighted by molar-refractivity contribution is 5.89. The fourth-order valence-corrected chi connectivity index (χ4v) is 4.41. The Morgan fingerprint density at radius 3 is 2.49 bits per heavy atom. The van der Waals surface area contributed by atoms with Crippen molar-refractivity contribution in [1.29, 1.82) is 0 Å². The van der Waals surface area contributed by atoms with Gasteiger partial charge in [0.15, 0.2) is 11.5 Å². The fourth-order valence-electron chi connectivity index (χ4n) is 4.41. The normalized spacial score (nSPS) is 14.1. The van der Waals surface area contributed by atoms with E-state index < -0.39 is 0 Å². The third kappa shape index (κ3) is 5.16. The summed E-state index contributed by atoms with van der Waals surface area (Å²) in [6, 6.07) is 21.1. The second kappa shape index (κ2) is 9.97. The number of amides is 2. The largest absolute Gasteiger partial charge is 0.352 e. The smallest absolute Gasteiger partial charge is 0.319 e. The van der Waals surface area contributed by atoms with Crippen LogP contribution >= 0.6 is 0 Å². The topological polar surface area (TPSA) is 92.2 Å². The lowest BCUT2D eigenvalue weighted by Gasteiger charge is -2.33. The molecule has 35 heavy (non-hydrogen) atoms. The van der Waals surface area contributed by atoms with Gasteiger partial charge in [0, 0.05) is 31.0 Å². The molecule has 0 bridgehead atoms. The van der Waals surface area contributed by atoms with Crippen LogP contribution in [0.25, 0.3) is 11.2 Å². The first-order valence-electron chi connectivity index (χ1n) is 11.9. The number of anilines is 2. The molecule has 1 aliphatic rings.